The predicted octanol–water partition coefficient (Wildman–Crippen LogP) is 4.59. The monoisotopic (exact) mass is 338 g/mol. The van der Waals surface area contributed by atoms with Crippen molar-refractivity contribution in [3.05, 3.63) is 52.3 Å². The van der Waals surface area contributed by atoms with Crippen LogP contribution in [0.25, 0.3) is 0 Å². The molecule has 5 heteroatoms. The number of rotatable bonds is 4. The highest BCUT2D eigenvalue weighted by molar-refractivity contribution is 9.10. The zero-order valence-electron chi connectivity index (χ0n) is 10.9. The summed E-state index contributed by atoms with van der Waals surface area (Å²) >= 11 is 3.28. The summed E-state index contributed by atoms with van der Waals surface area (Å²) in [5.74, 6) is 0.423. The highest BCUT2D eigenvalue weighted by Gasteiger charge is 2.16. The molecule has 0 aliphatic carbocycles. The van der Waals surface area contributed by atoms with Crippen molar-refractivity contribution in [1.82, 2.24) is 0 Å². The van der Waals surface area contributed by atoms with Gasteiger partial charge in [-0.25, -0.2) is 4.39 Å². The third-order valence-electron chi connectivity index (χ3n) is 2.67. The molecule has 20 heavy (non-hydrogen) atoms. The number of hydrogen-bond donors (Lipinski definition) is 0. The van der Waals surface area contributed by atoms with E-state index in [0.717, 1.165) is 0 Å². The zero-order valence-corrected chi connectivity index (χ0v) is 12.5. The Bertz CT molecular complexity index is 656. The van der Waals surface area contributed by atoms with Crippen LogP contribution in [0, 0.1) is 5.82 Å². The highest BCUT2D eigenvalue weighted by atomic mass is 79.9. The smallest absolute Gasteiger partial charge is 0.167 e. The first-order valence-electron chi connectivity index (χ1n) is 5.83. The molecule has 2 aromatic carbocycles. The fourth-order valence-corrected chi connectivity index (χ4v) is 2.11. The van der Waals surface area contributed by atoms with Crippen LogP contribution in [0.3, 0.4) is 0 Å². The van der Waals surface area contributed by atoms with Gasteiger partial charge < -0.3 is 9.47 Å². The summed E-state index contributed by atoms with van der Waals surface area (Å²) in [6.45, 7) is 1.42. The van der Waals surface area contributed by atoms with E-state index in [1.165, 1.54) is 32.2 Å². The predicted molar refractivity (Wildman–Crippen MR) is 77.2 cm³/mol. The van der Waals surface area contributed by atoms with Gasteiger partial charge in [0.05, 0.1) is 11.6 Å². The lowest BCUT2D eigenvalue weighted by Crippen LogP contribution is -2.01. The molecule has 0 atom stereocenters. The average molecular weight is 339 g/mol. The standard InChI is InChI=1S/C15H12BrFO3/c1-9(18)15-12(19-2)4-3-5-13(15)20-14-8-10(17)6-7-11(14)16/h3-8H,1-2H3. The minimum absolute atomic E-state index is 0.190. The molecular formula is C15H12BrFO3. The molecule has 0 aliphatic rings. The van der Waals surface area contributed by atoms with Crippen LogP contribution in [0.15, 0.2) is 40.9 Å². The van der Waals surface area contributed by atoms with Gasteiger partial charge in [-0.15, -0.1) is 0 Å². The summed E-state index contributed by atoms with van der Waals surface area (Å²) < 4.78 is 24.6. The van der Waals surface area contributed by atoms with E-state index in [4.69, 9.17) is 9.47 Å². The summed E-state index contributed by atoms with van der Waals surface area (Å²) in [7, 11) is 1.48. The van der Waals surface area contributed by atoms with Gasteiger partial charge in [-0.2, -0.15) is 0 Å². The van der Waals surface area contributed by atoms with Crippen molar-refractivity contribution in [3.63, 3.8) is 0 Å². The van der Waals surface area contributed by atoms with Crippen LogP contribution in [0.1, 0.15) is 17.3 Å². The van der Waals surface area contributed by atoms with Crippen molar-refractivity contribution in [3.8, 4) is 17.2 Å². The number of halogens is 2. The fourth-order valence-electron chi connectivity index (χ4n) is 1.79. The van der Waals surface area contributed by atoms with Gasteiger partial charge in [0.2, 0.25) is 0 Å². The minimum atomic E-state index is -0.421. The van der Waals surface area contributed by atoms with Crippen molar-refractivity contribution in [2.45, 2.75) is 6.92 Å². The molecule has 0 unspecified atom stereocenters. The van der Waals surface area contributed by atoms with Gasteiger partial charge in [0.25, 0.3) is 0 Å². The molecular weight excluding hydrogens is 327 g/mol. The molecule has 0 bridgehead atoms. The summed E-state index contributed by atoms with van der Waals surface area (Å²) in [5.41, 5.74) is 0.325. The van der Waals surface area contributed by atoms with Gasteiger partial charge in [-0.3, -0.25) is 4.79 Å². The third kappa shape index (κ3) is 2.99. The van der Waals surface area contributed by atoms with Crippen LogP contribution < -0.4 is 9.47 Å². The Hall–Kier alpha value is -1.88. The number of hydrogen-bond acceptors (Lipinski definition) is 3. The molecule has 0 spiro atoms. The Balaban J connectivity index is 2.48. The minimum Gasteiger partial charge on any atom is -0.496 e. The lowest BCUT2D eigenvalue weighted by Gasteiger charge is -2.13. The molecule has 0 fully saturated rings. The molecule has 2 aromatic rings. The van der Waals surface area contributed by atoms with Gasteiger partial charge in [-0.1, -0.05) is 6.07 Å². The first kappa shape index (κ1) is 14.5. The summed E-state index contributed by atoms with van der Waals surface area (Å²) in [6.07, 6.45) is 0. The molecule has 0 saturated heterocycles. The molecule has 0 radical (unpaired) electrons. The highest BCUT2D eigenvalue weighted by Crippen LogP contribution is 2.35. The van der Waals surface area contributed by atoms with E-state index in [2.05, 4.69) is 15.9 Å². The maximum Gasteiger partial charge on any atom is 0.167 e. The molecule has 2 rings (SSSR count). The Morgan fingerprint density at radius 3 is 2.50 bits per heavy atom. The Labute approximate surface area is 124 Å². The molecule has 0 heterocycles. The van der Waals surface area contributed by atoms with E-state index in [9.17, 15) is 9.18 Å². The Kier molecular flexibility index (Phi) is 4.39. The average Bonchev–Trinajstić information content (AvgIpc) is 2.42. The number of carbonyl (C=O) groups is 1. The van der Waals surface area contributed by atoms with Crippen molar-refractivity contribution in [1.29, 1.82) is 0 Å². The largest absolute Gasteiger partial charge is 0.496 e. The number of Topliss-reactive ketones (excluding diaryl/α,β-unsaturated/α-hetero) is 1. The van der Waals surface area contributed by atoms with E-state index in [0.29, 0.717) is 27.3 Å². The normalized spacial score (nSPS) is 10.2. The van der Waals surface area contributed by atoms with Crippen LogP contribution >= 0.6 is 15.9 Å². The Morgan fingerprint density at radius 2 is 1.85 bits per heavy atom. The SMILES string of the molecule is COc1cccc(Oc2cc(F)ccc2Br)c1C(C)=O. The van der Waals surface area contributed by atoms with Crippen LogP contribution in [0.5, 0.6) is 17.2 Å². The first-order chi connectivity index (χ1) is 9.52. The number of benzene rings is 2. The van der Waals surface area contributed by atoms with Gasteiger partial charge in [0.15, 0.2) is 5.78 Å². The number of carbonyl (C=O) groups excluding carboxylic acids is 1. The van der Waals surface area contributed by atoms with Gasteiger partial charge in [0, 0.05) is 6.07 Å². The number of ether oxygens (including phenoxy) is 2. The molecule has 0 N–H and O–H groups in total. The second kappa shape index (κ2) is 6.05. The van der Waals surface area contributed by atoms with E-state index in [1.807, 2.05) is 0 Å². The maximum absolute atomic E-state index is 13.3. The fraction of sp³-hybridized carbons (Fsp3) is 0.133. The van der Waals surface area contributed by atoms with Crippen LogP contribution in [-0.4, -0.2) is 12.9 Å². The van der Waals surface area contributed by atoms with Gasteiger partial charge in [0.1, 0.15) is 28.6 Å². The summed E-state index contributed by atoms with van der Waals surface area (Å²) in [6, 6.07) is 9.11. The molecule has 3 nitrogen and oxygen atoms in total. The number of methoxy groups -OCH3 is 1. The number of ketones is 1. The molecule has 0 aliphatic heterocycles. The van der Waals surface area contributed by atoms with Crippen LogP contribution in [0.4, 0.5) is 4.39 Å². The second-order valence-electron chi connectivity index (χ2n) is 4.07. The van der Waals surface area contributed by atoms with Gasteiger partial charge in [-0.05, 0) is 47.1 Å². The van der Waals surface area contributed by atoms with E-state index < -0.39 is 5.82 Å². The topological polar surface area (TPSA) is 35.5 Å². The molecule has 0 aromatic heterocycles. The van der Waals surface area contributed by atoms with Crippen molar-refractivity contribution in [2.24, 2.45) is 0 Å². The van der Waals surface area contributed by atoms with E-state index >= 15 is 0 Å². The molecule has 0 amide bonds. The molecule has 0 saturated carbocycles. The van der Waals surface area contributed by atoms with Gasteiger partial charge >= 0.3 is 0 Å². The van der Waals surface area contributed by atoms with E-state index in [1.54, 1.807) is 18.2 Å². The summed E-state index contributed by atoms with van der Waals surface area (Å²) in [4.78, 5) is 11.7. The first-order valence-corrected chi connectivity index (χ1v) is 6.63. The van der Waals surface area contributed by atoms with E-state index in [-0.39, 0.29) is 5.78 Å². The Morgan fingerprint density at radius 1 is 1.15 bits per heavy atom. The lowest BCUT2D eigenvalue weighted by molar-refractivity contribution is 0.101. The van der Waals surface area contributed by atoms with Crippen LogP contribution in [0.2, 0.25) is 0 Å². The van der Waals surface area contributed by atoms with Crippen molar-refractivity contribution in [2.75, 3.05) is 7.11 Å². The van der Waals surface area contributed by atoms with Crippen molar-refractivity contribution < 1.29 is 18.7 Å². The lowest BCUT2D eigenvalue weighted by atomic mass is 10.1. The zero-order chi connectivity index (χ0) is 14.7. The quantitative estimate of drug-likeness (QED) is 0.764. The third-order valence-corrected chi connectivity index (χ3v) is 3.33. The van der Waals surface area contributed by atoms with Crippen molar-refractivity contribution >= 4 is 21.7 Å². The molecule has 104 valence electrons. The maximum atomic E-state index is 13.3. The van der Waals surface area contributed by atoms with Crippen LogP contribution in [-0.2, 0) is 0 Å². The second-order valence-corrected chi connectivity index (χ2v) is 4.92. The summed E-state index contributed by atoms with van der Waals surface area (Å²) in [5, 5.41) is 0.